The van der Waals surface area contributed by atoms with Crippen molar-refractivity contribution < 1.29 is 24.5 Å². The van der Waals surface area contributed by atoms with Crippen LogP contribution in [0.4, 0.5) is 5.69 Å². The molecule has 0 spiro atoms. The van der Waals surface area contributed by atoms with E-state index in [-0.39, 0.29) is 35.3 Å². The summed E-state index contributed by atoms with van der Waals surface area (Å²) in [5, 5.41) is 25.2. The quantitative estimate of drug-likeness (QED) is 0.142. The Morgan fingerprint density at radius 1 is 1.07 bits per heavy atom. The van der Waals surface area contributed by atoms with Crippen molar-refractivity contribution in [2.24, 2.45) is 16.5 Å². The number of carbonyl (C=O) groups excluding carboxylic acids is 2. The molecule has 1 aliphatic heterocycles. The number of fused-ring (bicyclic) bond motifs is 1. The topological polar surface area (TPSA) is 176 Å². The summed E-state index contributed by atoms with van der Waals surface area (Å²) < 4.78 is 6.04. The van der Waals surface area contributed by atoms with E-state index >= 15 is 0 Å². The van der Waals surface area contributed by atoms with Crippen LogP contribution in [0.2, 0.25) is 5.02 Å². The molecule has 228 valence electrons. The SMILES string of the molecule is CCNC(=O)C[C@@H]1N=C(c2ccc(Cl)cc2)c2cc(OCCCNC(=O)c3ccc(O)c(O)c3)ccc2N(C(C)N)C1N. The highest BCUT2D eigenvalue weighted by Gasteiger charge is 2.34. The number of aromatic hydroxyl groups is 2. The first-order valence-electron chi connectivity index (χ1n) is 14.1. The second-order valence-electron chi connectivity index (χ2n) is 10.2. The van der Waals surface area contributed by atoms with Gasteiger partial charge in [-0.25, -0.2) is 0 Å². The van der Waals surface area contributed by atoms with Gasteiger partial charge in [-0.2, -0.15) is 0 Å². The number of benzodiazepines with no additional fused rings is 1. The molecule has 3 atom stereocenters. The highest BCUT2D eigenvalue weighted by atomic mass is 35.5. The van der Waals surface area contributed by atoms with Gasteiger partial charge in [0.05, 0.1) is 30.9 Å². The van der Waals surface area contributed by atoms with Crippen molar-refractivity contribution in [3.8, 4) is 17.2 Å². The lowest BCUT2D eigenvalue weighted by molar-refractivity contribution is -0.121. The Balaban J connectivity index is 1.56. The van der Waals surface area contributed by atoms with Crippen LogP contribution in [0.1, 0.15) is 48.2 Å². The first-order valence-corrected chi connectivity index (χ1v) is 14.4. The number of hydrogen-bond acceptors (Lipinski definition) is 9. The molecule has 2 unspecified atom stereocenters. The summed E-state index contributed by atoms with van der Waals surface area (Å²) in [5.74, 6) is -0.608. The lowest BCUT2D eigenvalue weighted by atomic mass is 9.99. The van der Waals surface area contributed by atoms with Crippen LogP contribution in [0.25, 0.3) is 0 Å². The number of carbonyl (C=O) groups is 2. The van der Waals surface area contributed by atoms with E-state index in [4.69, 9.17) is 32.8 Å². The number of benzene rings is 3. The summed E-state index contributed by atoms with van der Waals surface area (Å²) in [6, 6.07) is 16.2. The zero-order valence-electron chi connectivity index (χ0n) is 24.1. The van der Waals surface area contributed by atoms with Crippen molar-refractivity contribution in [1.29, 1.82) is 0 Å². The van der Waals surface area contributed by atoms with Gasteiger partial charge in [-0.05, 0) is 68.8 Å². The largest absolute Gasteiger partial charge is 0.504 e. The Morgan fingerprint density at radius 2 is 1.81 bits per heavy atom. The molecule has 3 aromatic carbocycles. The van der Waals surface area contributed by atoms with Crippen molar-refractivity contribution in [3.05, 3.63) is 82.4 Å². The molecule has 3 aromatic rings. The fourth-order valence-corrected chi connectivity index (χ4v) is 4.99. The van der Waals surface area contributed by atoms with Crippen molar-refractivity contribution in [2.45, 2.75) is 45.1 Å². The van der Waals surface area contributed by atoms with E-state index in [1.54, 1.807) is 12.1 Å². The number of nitrogens with one attached hydrogen (secondary N) is 2. The molecule has 0 bridgehead atoms. The molecular weight excluding hydrogens is 572 g/mol. The Hall–Kier alpha value is -4.32. The van der Waals surface area contributed by atoms with Gasteiger partial charge in [0.25, 0.3) is 5.91 Å². The third kappa shape index (κ3) is 7.75. The molecule has 12 heteroatoms. The molecule has 0 radical (unpaired) electrons. The molecule has 0 saturated heterocycles. The van der Waals surface area contributed by atoms with Crippen LogP contribution in [-0.2, 0) is 4.79 Å². The third-order valence-electron chi connectivity index (χ3n) is 6.95. The first kappa shape index (κ1) is 31.6. The summed E-state index contributed by atoms with van der Waals surface area (Å²) in [7, 11) is 0. The second-order valence-corrected chi connectivity index (χ2v) is 10.6. The van der Waals surface area contributed by atoms with Crippen LogP contribution < -0.4 is 31.7 Å². The number of aliphatic imine (C=N–C) groups is 1. The summed E-state index contributed by atoms with van der Waals surface area (Å²) in [6.07, 6.45) is -0.549. The molecule has 0 aromatic heterocycles. The lowest BCUT2D eigenvalue weighted by Gasteiger charge is -2.36. The van der Waals surface area contributed by atoms with Crippen molar-refractivity contribution >= 4 is 34.8 Å². The molecule has 2 amide bonds. The van der Waals surface area contributed by atoms with Gasteiger partial charge in [-0.3, -0.25) is 14.6 Å². The smallest absolute Gasteiger partial charge is 0.251 e. The number of halogens is 1. The molecule has 8 N–H and O–H groups in total. The van der Waals surface area contributed by atoms with Gasteiger partial charge in [0.2, 0.25) is 5.91 Å². The predicted molar refractivity (Wildman–Crippen MR) is 167 cm³/mol. The number of hydrogen-bond donors (Lipinski definition) is 6. The minimum absolute atomic E-state index is 0.0855. The van der Waals surface area contributed by atoms with Crippen molar-refractivity contribution in [3.63, 3.8) is 0 Å². The third-order valence-corrected chi connectivity index (χ3v) is 7.20. The van der Waals surface area contributed by atoms with Gasteiger partial charge in [0.1, 0.15) is 11.9 Å². The van der Waals surface area contributed by atoms with E-state index in [9.17, 15) is 19.8 Å². The fraction of sp³-hybridized carbons (Fsp3) is 0.323. The van der Waals surface area contributed by atoms with Crippen molar-refractivity contribution in [1.82, 2.24) is 10.6 Å². The number of nitrogens with zero attached hydrogens (tertiary/aromatic N) is 2. The van der Waals surface area contributed by atoms with E-state index in [0.29, 0.717) is 42.6 Å². The molecule has 1 aliphatic rings. The minimum Gasteiger partial charge on any atom is -0.504 e. The van der Waals surface area contributed by atoms with Gasteiger partial charge in [0, 0.05) is 40.5 Å². The average molecular weight is 609 g/mol. The van der Waals surface area contributed by atoms with Crippen LogP contribution in [0, 0.1) is 0 Å². The van der Waals surface area contributed by atoms with E-state index < -0.39 is 18.4 Å². The highest BCUT2D eigenvalue weighted by Crippen LogP contribution is 2.34. The standard InChI is InChI=1S/C31H37ClN6O5/c1-3-35-28(41)17-24-30(34)38(18(2)33)25-11-10-22(16-23(25)29(37-24)19-5-8-21(32)9-6-19)43-14-4-13-36-31(42)20-7-12-26(39)27(40)15-20/h5-12,15-16,18,24,30,39-40H,3-4,13-14,17,33-34H2,1-2H3,(H,35,41)(H,36,42)/t18?,24-,30?/m0/s1. The first-order chi connectivity index (χ1) is 20.6. The van der Waals surface area contributed by atoms with Gasteiger partial charge in [0.15, 0.2) is 11.5 Å². The van der Waals surface area contributed by atoms with E-state index in [1.165, 1.54) is 18.2 Å². The second kappa shape index (κ2) is 14.2. The van der Waals surface area contributed by atoms with Gasteiger partial charge < -0.3 is 42.0 Å². The number of phenols is 2. The van der Waals surface area contributed by atoms with Gasteiger partial charge >= 0.3 is 0 Å². The molecule has 43 heavy (non-hydrogen) atoms. The van der Waals surface area contributed by atoms with E-state index in [2.05, 4.69) is 10.6 Å². The Labute approximate surface area is 255 Å². The molecule has 11 nitrogen and oxygen atoms in total. The lowest BCUT2D eigenvalue weighted by Crippen LogP contribution is -2.56. The maximum absolute atomic E-state index is 12.6. The summed E-state index contributed by atoms with van der Waals surface area (Å²) >= 11 is 6.17. The molecule has 0 fully saturated rings. The molecule has 1 heterocycles. The molecule has 0 saturated carbocycles. The Morgan fingerprint density at radius 3 is 2.49 bits per heavy atom. The average Bonchev–Trinajstić information content (AvgIpc) is 3.08. The van der Waals surface area contributed by atoms with Crippen LogP contribution in [0.5, 0.6) is 17.2 Å². The summed E-state index contributed by atoms with van der Waals surface area (Å²) in [4.78, 5) is 31.8. The van der Waals surface area contributed by atoms with E-state index in [1.807, 2.05) is 49.1 Å². The number of nitrogens with two attached hydrogens (primary N) is 2. The normalized spacial score (nSPS) is 16.9. The van der Waals surface area contributed by atoms with Crippen molar-refractivity contribution in [2.75, 3.05) is 24.6 Å². The number of phenolic OH excluding ortho intramolecular Hbond substituents is 2. The van der Waals surface area contributed by atoms with Crippen LogP contribution in [0.15, 0.2) is 65.7 Å². The highest BCUT2D eigenvalue weighted by molar-refractivity contribution is 6.30. The summed E-state index contributed by atoms with van der Waals surface area (Å²) in [5.41, 5.74) is 16.3. The van der Waals surface area contributed by atoms with Crippen LogP contribution in [-0.4, -0.2) is 65.8 Å². The Kier molecular flexibility index (Phi) is 10.5. The van der Waals surface area contributed by atoms with Gasteiger partial charge in [-0.1, -0.05) is 23.7 Å². The number of rotatable bonds is 11. The van der Waals surface area contributed by atoms with Crippen LogP contribution in [0.3, 0.4) is 0 Å². The molecule has 0 aliphatic carbocycles. The number of amides is 2. The number of ether oxygens (including phenoxy) is 1. The maximum Gasteiger partial charge on any atom is 0.251 e. The zero-order valence-corrected chi connectivity index (χ0v) is 24.8. The summed E-state index contributed by atoms with van der Waals surface area (Å²) in [6.45, 7) is 4.82. The Bertz CT molecular complexity index is 1480. The van der Waals surface area contributed by atoms with Crippen LogP contribution >= 0.6 is 11.6 Å². The minimum atomic E-state index is -0.669. The fourth-order valence-electron chi connectivity index (χ4n) is 4.86. The zero-order chi connectivity index (χ0) is 31.1. The molecule has 4 rings (SSSR count). The molecular formula is C31H37ClN6O5. The predicted octanol–water partition coefficient (Wildman–Crippen LogP) is 3.09. The van der Waals surface area contributed by atoms with E-state index in [0.717, 1.165) is 16.8 Å². The van der Waals surface area contributed by atoms with Gasteiger partial charge in [-0.15, -0.1) is 0 Å². The maximum atomic E-state index is 12.6. The monoisotopic (exact) mass is 608 g/mol. The number of anilines is 1.